The molecule has 0 heterocycles. The summed E-state index contributed by atoms with van der Waals surface area (Å²) in [7, 11) is 1.32. The predicted molar refractivity (Wildman–Crippen MR) is 112 cm³/mol. The third-order valence-electron chi connectivity index (χ3n) is 4.07. The van der Waals surface area contributed by atoms with E-state index in [0.717, 1.165) is 12.2 Å². The lowest BCUT2D eigenvalue weighted by atomic mass is 9.87. The molecule has 0 amide bonds. The minimum Gasteiger partial charge on any atom is -0.494 e. The number of rotatable bonds is 7. The Morgan fingerprint density at radius 1 is 1.11 bits per heavy atom. The number of benzene rings is 2. The van der Waals surface area contributed by atoms with Crippen LogP contribution in [-0.2, 0) is 10.2 Å². The van der Waals surface area contributed by atoms with Gasteiger partial charge in [0, 0.05) is 11.6 Å². The molecule has 6 heteroatoms. The Morgan fingerprint density at radius 2 is 1.78 bits per heavy atom. The predicted octanol–water partition coefficient (Wildman–Crippen LogP) is 5.96. The van der Waals surface area contributed by atoms with Crippen LogP contribution in [0.4, 0.5) is 5.69 Å². The second kappa shape index (κ2) is 9.34. The standard InChI is InChI=1S/C21H25Cl2NO3/c1-21(2,3)14-6-8-16(9-7-14)27-11-5-10-24-19-17(20(25)26-4)12-15(22)13-18(19)23/h6-9,12-13,24H,5,10-11H2,1-4H3. The van der Waals surface area contributed by atoms with Crippen LogP contribution in [0.25, 0.3) is 0 Å². The zero-order valence-electron chi connectivity index (χ0n) is 16.1. The molecule has 0 aliphatic carbocycles. The summed E-state index contributed by atoms with van der Waals surface area (Å²) in [5.74, 6) is 0.347. The summed E-state index contributed by atoms with van der Waals surface area (Å²) in [5, 5.41) is 3.93. The van der Waals surface area contributed by atoms with Crippen LogP contribution in [0.15, 0.2) is 36.4 Å². The summed E-state index contributed by atoms with van der Waals surface area (Å²) >= 11 is 12.2. The van der Waals surface area contributed by atoms with E-state index in [4.69, 9.17) is 32.7 Å². The van der Waals surface area contributed by atoms with Gasteiger partial charge in [-0.15, -0.1) is 0 Å². The highest BCUT2D eigenvalue weighted by atomic mass is 35.5. The van der Waals surface area contributed by atoms with Gasteiger partial charge in [0.1, 0.15) is 5.75 Å². The maximum atomic E-state index is 11.9. The van der Waals surface area contributed by atoms with Crippen molar-refractivity contribution < 1.29 is 14.3 Å². The van der Waals surface area contributed by atoms with E-state index in [0.29, 0.717) is 34.4 Å². The normalized spacial score (nSPS) is 11.2. The molecule has 0 unspecified atom stereocenters. The van der Waals surface area contributed by atoms with Gasteiger partial charge in [0.15, 0.2) is 0 Å². The molecule has 0 spiro atoms. The van der Waals surface area contributed by atoms with Crippen LogP contribution in [0.3, 0.4) is 0 Å². The molecule has 2 aromatic carbocycles. The lowest BCUT2D eigenvalue weighted by molar-refractivity contribution is 0.0602. The van der Waals surface area contributed by atoms with Crippen LogP contribution in [0, 0.1) is 0 Å². The smallest absolute Gasteiger partial charge is 0.340 e. The molecule has 1 N–H and O–H groups in total. The van der Waals surface area contributed by atoms with Gasteiger partial charge >= 0.3 is 5.97 Å². The van der Waals surface area contributed by atoms with Gasteiger partial charge in [-0.05, 0) is 41.7 Å². The fraction of sp³-hybridized carbons (Fsp3) is 0.381. The van der Waals surface area contributed by atoms with Gasteiger partial charge in [0.2, 0.25) is 0 Å². The molecule has 146 valence electrons. The van der Waals surface area contributed by atoms with Gasteiger partial charge in [-0.2, -0.15) is 0 Å². The summed E-state index contributed by atoms with van der Waals surface area (Å²) in [5.41, 5.74) is 2.22. The molecule has 2 aromatic rings. The van der Waals surface area contributed by atoms with E-state index < -0.39 is 5.97 Å². The maximum absolute atomic E-state index is 11.9. The lowest BCUT2D eigenvalue weighted by Crippen LogP contribution is -2.12. The quantitative estimate of drug-likeness (QED) is 0.452. The number of nitrogens with one attached hydrogen (secondary N) is 1. The molecule has 0 aliphatic rings. The Hall–Kier alpha value is -1.91. The molecule has 27 heavy (non-hydrogen) atoms. The number of carbonyl (C=O) groups excluding carboxylic acids is 1. The van der Waals surface area contributed by atoms with Crippen molar-refractivity contribution in [1.82, 2.24) is 0 Å². The van der Waals surface area contributed by atoms with E-state index in [9.17, 15) is 4.79 Å². The van der Waals surface area contributed by atoms with Gasteiger partial charge in [-0.1, -0.05) is 56.1 Å². The first kappa shape index (κ1) is 21.4. The van der Waals surface area contributed by atoms with Crippen LogP contribution in [0.5, 0.6) is 5.75 Å². The van der Waals surface area contributed by atoms with Crippen LogP contribution in [0.1, 0.15) is 43.1 Å². The van der Waals surface area contributed by atoms with Gasteiger partial charge in [0.25, 0.3) is 0 Å². The third kappa shape index (κ3) is 6.05. The van der Waals surface area contributed by atoms with Crippen molar-refractivity contribution in [1.29, 1.82) is 0 Å². The molecule has 0 aliphatic heterocycles. The summed E-state index contributed by atoms with van der Waals surface area (Å²) in [6.45, 7) is 7.67. The van der Waals surface area contributed by atoms with E-state index >= 15 is 0 Å². The number of hydrogen-bond acceptors (Lipinski definition) is 4. The van der Waals surface area contributed by atoms with Crippen LogP contribution >= 0.6 is 23.2 Å². The number of ether oxygens (including phenoxy) is 2. The topological polar surface area (TPSA) is 47.6 Å². The fourth-order valence-corrected chi connectivity index (χ4v) is 3.11. The summed E-state index contributed by atoms with van der Waals surface area (Å²) < 4.78 is 10.6. The molecule has 2 rings (SSSR count). The number of carbonyl (C=O) groups is 1. The van der Waals surface area contributed by atoms with Crippen molar-refractivity contribution in [3.8, 4) is 5.75 Å². The van der Waals surface area contributed by atoms with E-state index in [2.05, 4.69) is 38.2 Å². The Morgan fingerprint density at radius 3 is 2.37 bits per heavy atom. The van der Waals surface area contributed by atoms with Crippen molar-refractivity contribution in [2.45, 2.75) is 32.6 Å². The Kier molecular flexibility index (Phi) is 7.40. The van der Waals surface area contributed by atoms with Crippen molar-refractivity contribution in [2.75, 3.05) is 25.6 Å². The number of anilines is 1. The van der Waals surface area contributed by atoms with E-state index in [1.807, 2.05) is 12.1 Å². The van der Waals surface area contributed by atoms with Crippen LogP contribution in [-0.4, -0.2) is 26.2 Å². The zero-order chi connectivity index (χ0) is 20.0. The van der Waals surface area contributed by atoms with Crippen molar-refractivity contribution >= 4 is 34.9 Å². The van der Waals surface area contributed by atoms with Gasteiger partial charge in [-0.25, -0.2) is 4.79 Å². The molecule has 0 saturated carbocycles. The van der Waals surface area contributed by atoms with Crippen molar-refractivity contribution in [3.63, 3.8) is 0 Å². The lowest BCUT2D eigenvalue weighted by Gasteiger charge is -2.19. The van der Waals surface area contributed by atoms with Gasteiger partial charge < -0.3 is 14.8 Å². The molecular formula is C21H25Cl2NO3. The van der Waals surface area contributed by atoms with E-state index in [-0.39, 0.29) is 5.41 Å². The highest BCUT2D eigenvalue weighted by Gasteiger charge is 2.16. The van der Waals surface area contributed by atoms with E-state index in [1.165, 1.54) is 18.7 Å². The summed E-state index contributed by atoms with van der Waals surface area (Å²) in [6, 6.07) is 11.3. The molecule has 0 fully saturated rings. The Bertz CT molecular complexity index is 783. The van der Waals surface area contributed by atoms with Gasteiger partial charge in [0.05, 0.1) is 30.0 Å². The molecular weight excluding hydrogens is 385 g/mol. The van der Waals surface area contributed by atoms with Crippen molar-refractivity contribution in [2.24, 2.45) is 0 Å². The average molecular weight is 410 g/mol. The molecule has 0 aromatic heterocycles. The summed E-state index contributed by atoms with van der Waals surface area (Å²) in [4.78, 5) is 11.9. The van der Waals surface area contributed by atoms with Gasteiger partial charge in [-0.3, -0.25) is 0 Å². The minimum absolute atomic E-state index is 0.123. The number of methoxy groups -OCH3 is 1. The Labute approximate surface area is 170 Å². The molecule has 0 atom stereocenters. The monoisotopic (exact) mass is 409 g/mol. The number of hydrogen-bond donors (Lipinski definition) is 1. The van der Waals surface area contributed by atoms with Crippen LogP contribution < -0.4 is 10.1 Å². The molecule has 0 saturated heterocycles. The minimum atomic E-state index is -0.489. The van der Waals surface area contributed by atoms with Crippen molar-refractivity contribution in [3.05, 3.63) is 57.6 Å². The van der Waals surface area contributed by atoms with E-state index in [1.54, 1.807) is 6.07 Å². The average Bonchev–Trinajstić information content (AvgIpc) is 2.61. The second-order valence-electron chi connectivity index (χ2n) is 7.20. The molecule has 0 bridgehead atoms. The third-order valence-corrected chi connectivity index (χ3v) is 4.59. The largest absolute Gasteiger partial charge is 0.494 e. The maximum Gasteiger partial charge on any atom is 0.340 e. The Balaban J connectivity index is 1.88. The zero-order valence-corrected chi connectivity index (χ0v) is 17.6. The molecule has 4 nitrogen and oxygen atoms in total. The first-order valence-corrected chi connectivity index (χ1v) is 9.52. The SMILES string of the molecule is COC(=O)c1cc(Cl)cc(Cl)c1NCCCOc1ccc(C(C)(C)C)cc1. The fourth-order valence-electron chi connectivity index (χ4n) is 2.55. The molecule has 0 radical (unpaired) electrons. The first-order chi connectivity index (χ1) is 12.7. The summed E-state index contributed by atoms with van der Waals surface area (Å²) in [6.07, 6.45) is 0.737. The highest BCUT2D eigenvalue weighted by Crippen LogP contribution is 2.31. The number of esters is 1. The first-order valence-electron chi connectivity index (χ1n) is 8.77. The second-order valence-corrected chi connectivity index (χ2v) is 8.05. The number of halogens is 2. The highest BCUT2D eigenvalue weighted by molar-refractivity contribution is 6.37. The van der Waals surface area contributed by atoms with Crippen LogP contribution in [0.2, 0.25) is 10.0 Å².